The number of rotatable bonds is 5. The number of nitrogens with one attached hydrogen (secondary N) is 1. The van der Waals surface area contributed by atoms with Gasteiger partial charge in [0.25, 0.3) is 0 Å². The molecule has 2 aliphatic rings. The molecule has 0 radical (unpaired) electrons. The molecule has 1 atom stereocenters. The van der Waals surface area contributed by atoms with Gasteiger partial charge in [0, 0.05) is 19.3 Å². The number of ether oxygens (including phenoxy) is 1. The zero-order valence-corrected chi connectivity index (χ0v) is 12.3. The Morgan fingerprint density at radius 1 is 1.17 bits per heavy atom. The maximum absolute atomic E-state index is 5.49. The lowest BCUT2D eigenvalue weighted by Gasteiger charge is -2.43. The number of hydrogen-bond acceptors (Lipinski definition) is 2. The minimum absolute atomic E-state index is 0.548. The first kappa shape index (κ1) is 14.3. The molecule has 1 heterocycles. The van der Waals surface area contributed by atoms with Gasteiger partial charge in [-0.25, -0.2) is 0 Å². The molecule has 2 rings (SSSR count). The van der Waals surface area contributed by atoms with E-state index in [-0.39, 0.29) is 0 Å². The van der Waals surface area contributed by atoms with Gasteiger partial charge in [-0.15, -0.1) is 0 Å². The van der Waals surface area contributed by atoms with Crippen molar-refractivity contribution in [2.24, 2.45) is 11.3 Å². The smallest absolute Gasteiger partial charge is 0.0468 e. The van der Waals surface area contributed by atoms with E-state index in [0.29, 0.717) is 5.41 Å². The molecule has 18 heavy (non-hydrogen) atoms. The van der Waals surface area contributed by atoms with Crippen molar-refractivity contribution in [3.8, 4) is 0 Å². The van der Waals surface area contributed by atoms with Crippen LogP contribution in [0.5, 0.6) is 0 Å². The predicted octanol–water partition coefficient (Wildman–Crippen LogP) is 3.75. The van der Waals surface area contributed by atoms with E-state index in [1.807, 2.05) is 0 Å². The van der Waals surface area contributed by atoms with Gasteiger partial charge in [0.2, 0.25) is 0 Å². The first-order valence-corrected chi connectivity index (χ1v) is 8.06. The molecule has 2 heteroatoms. The predicted molar refractivity (Wildman–Crippen MR) is 76.8 cm³/mol. The van der Waals surface area contributed by atoms with Crippen LogP contribution in [0.2, 0.25) is 0 Å². The van der Waals surface area contributed by atoms with Crippen LogP contribution in [0.15, 0.2) is 0 Å². The fourth-order valence-corrected chi connectivity index (χ4v) is 3.88. The van der Waals surface area contributed by atoms with Crippen molar-refractivity contribution in [2.45, 2.75) is 71.3 Å². The van der Waals surface area contributed by atoms with Crippen LogP contribution in [0.1, 0.15) is 65.2 Å². The molecule has 106 valence electrons. The van der Waals surface area contributed by atoms with Crippen LogP contribution in [0, 0.1) is 11.3 Å². The van der Waals surface area contributed by atoms with Crippen LogP contribution in [-0.2, 0) is 4.74 Å². The van der Waals surface area contributed by atoms with Crippen LogP contribution in [0.25, 0.3) is 0 Å². The molecule has 0 aromatic carbocycles. The molecule has 1 saturated heterocycles. The molecule has 0 aromatic rings. The van der Waals surface area contributed by atoms with Gasteiger partial charge in [0.05, 0.1) is 0 Å². The van der Waals surface area contributed by atoms with E-state index in [4.69, 9.17) is 4.74 Å². The van der Waals surface area contributed by atoms with E-state index < -0.39 is 0 Å². The van der Waals surface area contributed by atoms with E-state index in [1.54, 1.807) is 0 Å². The molecule has 1 N–H and O–H groups in total. The zero-order chi connectivity index (χ0) is 12.8. The number of hydrogen-bond donors (Lipinski definition) is 1. The molecular weight excluding hydrogens is 222 g/mol. The van der Waals surface area contributed by atoms with Gasteiger partial charge >= 0.3 is 0 Å². The Bertz CT molecular complexity index is 229. The summed E-state index contributed by atoms with van der Waals surface area (Å²) >= 11 is 0. The van der Waals surface area contributed by atoms with Gasteiger partial charge in [-0.1, -0.05) is 33.1 Å². The molecule has 1 saturated carbocycles. The Balaban J connectivity index is 1.92. The van der Waals surface area contributed by atoms with Crippen molar-refractivity contribution in [3.63, 3.8) is 0 Å². The van der Waals surface area contributed by atoms with Gasteiger partial charge in [-0.3, -0.25) is 0 Å². The average molecular weight is 253 g/mol. The lowest BCUT2D eigenvalue weighted by Crippen LogP contribution is -2.46. The average Bonchev–Trinajstić information content (AvgIpc) is 2.40. The SMILES string of the molecule is CCNC(CC1CCOCC1)C1(C)CCCCC1. The highest BCUT2D eigenvalue weighted by atomic mass is 16.5. The maximum Gasteiger partial charge on any atom is 0.0468 e. The highest BCUT2D eigenvalue weighted by Gasteiger charge is 2.36. The van der Waals surface area contributed by atoms with Gasteiger partial charge < -0.3 is 10.1 Å². The minimum atomic E-state index is 0.548. The molecule has 0 spiro atoms. The molecule has 2 nitrogen and oxygen atoms in total. The van der Waals surface area contributed by atoms with Crippen LogP contribution in [-0.4, -0.2) is 25.8 Å². The summed E-state index contributed by atoms with van der Waals surface area (Å²) in [5.41, 5.74) is 0.548. The Labute approximate surface area is 113 Å². The van der Waals surface area contributed by atoms with Crippen molar-refractivity contribution in [1.29, 1.82) is 0 Å². The second-order valence-corrected chi connectivity index (χ2v) is 6.62. The second-order valence-electron chi connectivity index (χ2n) is 6.62. The molecule has 1 unspecified atom stereocenters. The largest absolute Gasteiger partial charge is 0.381 e. The quantitative estimate of drug-likeness (QED) is 0.805. The first-order chi connectivity index (χ1) is 8.74. The third-order valence-corrected chi connectivity index (χ3v) is 5.20. The molecule has 1 aliphatic carbocycles. The lowest BCUT2D eigenvalue weighted by molar-refractivity contribution is 0.0465. The molecule has 0 bridgehead atoms. The van der Waals surface area contributed by atoms with Crippen LogP contribution >= 0.6 is 0 Å². The highest BCUT2D eigenvalue weighted by molar-refractivity contribution is 4.91. The van der Waals surface area contributed by atoms with Crippen LogP contribution in [0.3, 0.4) is 0 Å². The summed E-state index contributed by atoms with van der Waals surface area (Å²) in [6, 6.07) is 0.728. The van der Waals surface area contributed by atoms with E-state index in [0.717, 1.165) is 31.7 Å². The third kappa shape index (κ3) is 3.71. The van der Waals surface area contributed by atoms with Crippen molar-refractivity contribution in [3.05, 3.63) is 0 Å². The normalized spacial score (nSPS) is 27.0. The van der Waals surface area contributed by atoms with Gasteiger partial charge in [0.1, 0.15) is 0 Å². The van der Waals surface area contributed by atoms with Crippen molar-refractivity contribution >= 4 is 0 Å². The Hall–Kier alpha value is -0.0800. The van der Waals surface area contributed by atoms with E-state index in [9.17, 15) is 0 Å². The maximum atomic E-state index is 5.49. The van der Waals surface area contributed by atoms with Crippen molar-refractivity contribution in [1.82, 2.24) is 5.32 Å². The van der Waals surface area contributed by atoms with Crippen LogP contribution in [0.4, 0.5) is 0 Å². The molecule has 2 fully saturated rings. The summed E-state index contributed by atoms with van der Waals surface area (Å²) < 4.78 is 5.49. The summed E-state index contributed by atoms with van der Waals surface area (Å²) in [5, 5.41) is 3.80. The van der Waals surface area contributed by atoms with Crippen LogP contribution < -0.4 is 5.32 Å². The highest BCUT2D eigenvalue weighted by Crippen LogP contribution is 2.41. The van der Waals surface area contributed by atoms with Crippen molar-refractivity contribution < 1.29 is 4.74 Å². The third-order valence-electron chi connectivity index (χ3n) is 5.20. The lowest BCUT2D eigenvalue weighted by atomic mass is 9.68. The van der Waals surface area contributed by atoms with E-state index in [1.165, 1.54) is 51.4 Å². The molecule has 0 amide bonds. The Kier molecular flexibility index (Phi) is 5.50. The minimum Gasteiger partial charge on any atom is -0.381 e. The molecule has 1 aliphatic heterocycles. The molecule has 0 aromatic heterocycles. The van der Waals surface area contributed by atoms with Gasteiger partial charge in [-0.05, 0) is 50.0 Å². The van der Waals surface area contributed by atoms with E-state index in [2.05, 4.69) is 19.2 Å². The zero-order valence-electron chi connectivity index (χ0n) is 12.3. The summed E-state index contributed by atoms with van der Waals surface area (Å²) in [6.07, 6.45) is 11.1. The summed E-state index contributed by atoms with van der Waals surface area (Å²) in [4.78, 5) is 0. The topological polar surface area (TPSA) is 21.3 Å². The summed E-state index contributed by atoms with van der Waals surface area (Å²) in [6.45, 7) is 7.87. The van der Waals surface area contributed by atoms with E-state index >= 15 is 0 Å². The van der Waals surface area contributed by atoms with Gasteiger partial charge in [-0.2, -0.15) is 0 Å². The Morgan fingerprint density at radius 3 is 2.44 bits per heavy atom. The summed E-state index contributed by atoms with van der Waals surface area (Å²) in [7, 11) is 0. The summed E-state index contributed by atoms with van der Waals surface area (Å²) in [5.74, 6) is 0.890. The van der Waals surface area contributed by atoms with Gasteiger partial charge in [0.15, 0.2) is 0 Å². The standard InChI is InChI=1S/C16H31NO/c1-3-17-15(13-14-7-11-18-12-8-14)16(2)9-5-4-6-10-16/h14-15,17H,3-13H2,1-2H3. The monoisotopic (exact) mass is 253 g/mol. The second kappa shape index (κ2) is 6.91. The first-order valence-electron chi connectivity index (χ1n) is 8.06. The fourth-order valence-electron chi connectivity index (χ4n) is 3.88. The Morgan fingerprint density at radius 2 is 1.83 bits per heavy atom. The fraction of sp³-hybridized carbons (Fsp3) is 1.00. The molecular formula is C16H31NO. The van der Waals surface area contributed by atoms with Crippen molar-refractivity contribution in [2.75, 3.05) is 19.8 Å².